The number of benzene rings is 1. The summed E-state index contributed by atoms with van der Waals surface area (Å²) in [6, 6.07) is 11.4. The van der Waals surface area contributed by atoms with Gasteiger partial charge in [0.05, 0.1) is 12.2 Å². The highest BCUT2D eigenvalue weighted by Crippen LogP contribution is 2.28. The molecule has 134 valence electrons. The highest BCUT2D eigenvalue weighted by atomic mass is 32.1. The van der Waals surface area contributed by atoms with Crippen LogP contribution in [0.3, 0.4) is 0 Å². The molecule has 1 N–H and O–H groups in total. The third-order valence-electron chi connectivity index (χ3n) is 4.56. The first-order valence-electron chi connectivity index (χ1n) is 8.97. The molecule has 3 heterocycles. The fraction of sp³-hybridized carbons (Fsp3) is 0.300. The standard InChI is InChI=1S/C20H22N4OS/c25-18-9-3-2-8-17(18)20-21-19(11-10-16-7-6-14-26-16)22-24(20)15-23-12-4-1-5-13-23/h2-3,6-11,14,25H,1,4-5,12-13,15H2/b11-10+. The van der Waals surface area contributed by atoms with Gasteiger partial charge in [-0.15, -0.1) is 16.4 Å². The smallest absolute Gasteiger partial charge is 0.174 e. The van der Waals surface area contributed by atoms with E-state index >= 15 is 0 Å². The van der Waals surface area contributed by atoms with E-state index in [1.54, 1.807) is 17.4 Å². The number of para-hydroxylation sites is 1. The fourth-order valence-electron chi connectivity index (χ4n) is 3.22. The number of aromatic nitrogens is 3. The number of piperidine rings is 1. The Hall–Kier alpha value is -2.44. The molecule has 0 bridgehead atoms. The summed E-state index contributed by atoms with van der Waals surface area (Å²) < 4.78 is 1.91. The van der Waals surface area contributed by atoms with Crippen molar-refractivity contribution in [2.24, 2.45) is 0 Å². The van der Waals surface area contributed by atoms with E-state index in [2.05, 4.69) is 21.3 Å². The van der Waals surface area contributed by atoms with Gasteiger partial charge >= 0.3 is 0 Å². The maximum absolute atomic E-state index is 10.3. The minimum atomic E-state index is 0.230. The molecule has 0 radical (unpaired) electrons. The lowest BCUT2D eigenvalue weighted by atomic mass is 10.1. The molecule has 6 heteroatoms. The van der Waals surface area contributed by atoms with Crippen LogP contribution in [0.25, 0.3) is 23.5 Å². The molecule has 3 aromatic rings. The Morgan fingerprint density at radius 3 is 2.65 bits per heavy atom. The van der Waals surface area contributed by atoms with E-state index in [1.165, 1.54) is 24.1 Å². The van der Waals surface area contributed by atoms with E-state index in [0.29, 0.717) is 23.9 Å². The molecule has 1 aliphatic heterocycles. The molecule has 1 fully saturated rings. The summed E-state index contributed by atoms with van der Waals surface area (Å²) in [6.45, 7) is 2.87. The van der Waals surface area contributed by atoms with Crippen LogP contribution in [0.4, 0.5) is 0 Å². The molecular weight excluding hydrogens is 344 g/mol. The molecule has 0 saturated carbocycles. The summed E-state index contributed by atoms with van der Waals surface area (Å²) in [5.41, 5.74) is 0.716. The summed E-state index contributed by atoms with van der Waals surface area (Å²) in [4.78, 5) is 8.25. The van der Waals surface area contributed by atoms with Crippen LogP contribution >= 0.6 is 11.3 Å². The number of aromatic hydroxyl groups is 1. The predicted molar refractivity (Wildman–Crippen MR) is 106 cm³/mol. The average molecular weight is 366 g/mol. The second kappa shape index (κ2) is 7.85. The number of phenols is 1. The minimum Gasteiger partial charge on any atom is -0.507 e. The van der Waals surface area contributed by atoms with Crippen LogP contribution in [0, 0.1) is 0 Å². The van der Waals surface area contributed by atoms with Crippen molar-refractivity contribution in [3.05, 3.63) is 52.5 Å². The number of hydrogen-bond acceptors (Lipinski definition) is 5. The second-order valence-corrected chi connectivity index (χ2v) is 7.46. The Kier molecular flexibility index (Phi) is 5.13. The lowest BCUT2D eigenvalue weighted by Crippen LogP contribution is -2.32. The Bertz CT molecular complexity index is 879. The first kappa shape index (κ1) is 17.0. The lowest BCUT2D eigenvalue weighted by Gasteiger charge is -2.26. The quantitative estimate of drug-likeness (QED) is 0.730. The van der Waals surface area contributed by atoms with Crippen LogP contribution < -0.4 is 0 Å². The number of phenolic OH excluding ortho intramolecular Hbond substituents is 1. The molecule has 0 atom stereocenters. The van der Waals surface area contributed by atoms with Crippen molar-refractivity contribution in [3.8, 4) is 17.1 Å². The molecule has 1 aromatic carbocycles. The highest BCUT2D eigenvalue weighted by molar-refractivity contribution is 7.10. The third kappa shape index (κ3) is 3.86. The maximum atomic E-state index is 10.3. The van der Waals surface area contributed by atoms with Gasteiger partial charge in [-0.2, -0.15) is 0 Å². The van der Waals surface area contributed by atoms with Gasteiger partial charge in [-0.3, -0.25) is 4.90 Å². The van der Waals surface area contributed by atoms with Crippen LogP contribution in [0.1, 0.15) is 30.0 Å². The Balaban J connectivity index is 1.66. The average Bonchev–Trinajstić information content (AvgIpc) is 3.31. The SMILES string of the molecule is Oc1ccccc1-c1nc(/C=C/c2cccs2)nn1CN1CCCCC1. The van der Waals surface area contributed by atoms with Gasteiger partial charge in [0.1, 0.15) is 5.75 Å². The summed E-state index contributed by atoms with van der Waals surface area (Å²) in [5.74, 6) is 1.60. The Labute approximate surface area is 157 Å². The molecule has 0 spiro atoms. The Morgan fingerprint density at radius 1 is 1.04 bits per heavy atom. The topological polar surface area (TPSA) is 54.2 Å². The van der Waals surface area contributed by atoms with Crippen LogP contribution in [0.5, 0.6) is 5.75 Å². The molecule has 1 aliphatic rings. The third-order valence-corrected chi connectivity index (χ3v) is 5.39. The zero-order valence-corrected chi connectivity index (χ0v) is 15.4. The molecule has 0 unspecified atom stereocenters. The highest BCUT2D eigenvalue weighted by Gasteiger charge is 2.17. The van der Waals surface area contributed by atoms with Gasteiger partial charge in [0.2, 0.25) is 0 Å². The number of rotatable bonds is 5. The van der Waals surface area contributed by atoms with E-state index in [0.717, 1.165) is 13.1 Å². The van der Waals surface area contributed by atoms with Crippen LogP contribution in [-0.2, 0) is 6.67 Å². The summed E-state index contributed by atoms with van der Waals surface area (Å²) in [7, 11) is 0. The predicted octanol–water partition coefficient (Wildman–Crippen LogP) is 4.33. The largest absolute Gasteiger partial charge is 0.507 e. The maximum Gasteiger partial charge on any atom is 0.174 e. The van der Waals surface area contributed by atoms with Crippen LogP contribution in [0.2, 0.25) is 0 Å². The minimum absolute atomic E-state index is 0.230. The summed E-state index contributed by atoms with van der Waals surface area (Å²) in [5, 5.41) is 17.0. The van der Waals surface area contributed by atoms with Crippen molar-refractivity contribution in [1.29, 1.82) is 0 Å². The van der Waals surface area contributed by atoms with Crippen molar-refractivity contribution in [2.45, 2.75) is 25.9 Å². The number of nitrogens with zero attached hydrogens (tertiary/aromatic N) is 4. The van der Waals surface area contributed by atoms with Gasteiger partial charge in [0.25, 0.3) is 0 Å². The van der Waals surface area contributed by atoms with E-state index in [-0.39, 0.29) is 5.75 Å². The fourth-order valence-corrected chi connectivity index (χ4v) is 3.84. The molecule has 2 aromatic heterocycles. The molecule has 4 rings (SSSR count). The molecule has 5 nitrogen and oxygen atoms in total. The number of thiophene rings is 1. The van der Waals surface area contributed by atoms with Crippen molar-refractivity contribution < 1.29 is 5.11 Å². The van der Waals surface area contributed by atoms with Gasteiger partial charge in [0, 0.05) is 4.88 Å². The molecule has 26 heavy (non-hydrogen) atoms. The first-order chi connectivity index (χ1) is 12.8. The van der Waals surface area contributed by atoms with Crippen molar-refractivity contribution in [3.63, 3.8) is 0 Å². The monoisotopic (exact) mass is 366 g/mol. The van der Waals surface area contributed by atoms with Crippen molar-refractivity contribution >= 4 is 23.5 Å². The van der Waals surface area contributed by atoms with E-state index < -0.39 is 0 Å². The second-order valence-electron chi connectivity index (χ2n) is 6.48. The lowest BCUT2D eigenvalue weighted by molar-refractivity contribution is 0.174. The van der Waals surface area contributed by atoms with Crippen LogP contribution in [-0.4, -0.2) is 37.9 Å². The van der Waals surface area contributed by atoms with Gasteiger partial charge in [-0.25, -0.2) is 9.67 Å². The number of likely N-dealkylation sites (tertiary alicyclic amines) is 1. The molecular formula is C20H22N4OS. The van der Waals surface area contributed by atoms with E-state index in [1.807, 2.05) is 41.1 Å². The van der Waals surface area contributed by atoms with Crippen LogP contribution in [0.15, 0.2) is 41.8 Å². The molecule has 1 saturated heterocycles. The zero-order chi connectivity index (χ0) is 17.8. The normalized spacial score (nSPS) is 15.7. The molecule has 0 aliphatic carbocycles. The summed E-state index contributed by atoms with van der Waals surface area (Å²) >= 11 is 1.68. The molecule has 0 amide bonds. The Morgan fingerprint density at radius 2 is 1.88 bits per heavy atom. The zero-order valence-electron chi connectivity index (χ0n) is 14.6. The van der Waals surface area contributed by atoms with Gasteiger partial charge in [-0.1, -0.05) is 24.6 Å². The number of hydrogen-bond donors (Lipinski definition) is 1. The van der Waals surface area contributed by atoms with Crippen molar-refractivity contribution in [2.75, 3.05) is 13.1 Å². The summed E-state index contributed by atoms with van der Waals surface area (Å²) in [6.07, 6.45) is 7.72. The van der Waals surface area contributed by atoms with Gasteiger partial charge in [0.15, 0.2) is 11.6 Å². The first-order valence-corrected chi connectivity index (χ1v) is 9.85. The van der Waals surface area contributed by atoms with Crippen molar-refractivity contribution in [1.82, 2.24) is 19.7 Å². The van der Waals surface area contributed by atoms with E-state index in [9.17, 15) is 5.11 Å². The van der Waals surface area contributed by atoms with Gasteiger partial charge < -0.3 is 5.11 Å². The van der Waals surface area contributed by atoms with E-state index in [4.69, 9.17) is 5.10 Å². The van der Waals surface area contributed by atoms with Gasteiger partial charge in [-0.05, 0) is 61.7 Å².